The van der Waals surface area contributed by atoms with E-state index in [0.717, 1.165) is 17.2 Å². The summed E-state index contributed by atoms with van der Waals surface area (Å²) in [6.45, 7) is 7.94. The molecule has 4 heteroatoms. The molecule has 3 nitrogen and oxygen atoms in total. The van der Waals surface area contributed by atoms with Crippen LogP contribution in [-0.4, -0.2) is 18.6 Å². The molecule has 0 saturated heterocycles. The van der Waals surface area contributed by atoms with Gasteiger partial charge in [0.15, 0.2) is 0 Å². The average molecular weight is 214 g/mol. The Labute approximate surface area is 89.5 Å². The highest BCUT2D eigenvalue weighted by Gasteiger charge is 2.12. The number of aromatic nitrogens is 1. The summed E-state index contributed by atoms with van der Waals surface area (Å²) in [5, 5.41) is 4.45. The Balaban J connectivity index is 2.75. The quantitative estimate of drug-likeness (QED) is 0.816. The third-order valence-electron chi connectivity index (χ3n) is 2.05. The van der Waals surface area contributed by atoms with Crippen LogP contribution in [0.25, 0.3) is 0 Å². The molecule has 0 aliphatic carbocycles. The van der Waals surface area contributed by atoms with Gasteiger partial charge < -0.3 is 10.1 Å². The zero-order valence-electron chi connectivity index (χ0n) is 9.26. The molecule has 0 aromatic carbocycles. The van der Waals surface area contributed by atoms with E-state index in [1.165, 1.54) is 4.88 Å². The molecule has 1 heterocycles. The molecule has 1 aromatic rings. The standard InChI is InChI=1S/C10H18N2OS/c1-5-11-7(2)10-8(3)12-9(14-10)6-13-4/h7,11H,5-6H2,1-4H3. The van der Waals surface area contributed by atoms with Crippen LogP contribution in [-0.2, 0) is 11.3 Å². The molecule has 1 rings (SSSR count). The van der Waals surface area contributed by atoms with Crippen molar-refractivity contribution >= 4 is 11.3 Å². The van der Waals surface area contributed by atoms with Crippen LogP contribution >= 0.6 is 11.3 Å². The number of methoxy groups -OCH3 is 1. The van der Waals surface area contributed by atoms with Crippen molar-refractivity contribution in [3.8, 4) is 0 Å². The summed E-state index contributed by atoms with van der Waals surface area (Å²) in [6, 6.07) is 0.392. The fourth-order valence-corrected chi connectivity index (χ4v) is 2.52. The van der Waals surface area contributed by atoms with Gasteiger partial charge in [-0.1, -0.05) is 6.92 Å². The van der Waals surface area contributed by atoms with E-state index >= 15 is 0 Å². The predicted octanol–water partition coefficient (Wildman–Crippen LogP) is 2.27. The lowest BCUT2D eigenvalue weighted by molar-refractivity contribution is 0.184. The van der Waals surface area contributed by atoms with Crippen LogP contribution in [0.5, 0.6) is 0 Å². The maximum atomic E-state index is 5.06. The van der Waals surface area contributed by atoms with Gasteiger partial charge in [0.25, 0.3) is 0 Å². The van der Waals surface area contributed by atoms with Crippen molar-refractivity contribution in [2.45, 2.75) is 33.4 Å². The van der Waals surface area contributed by atoms with Crippen molar-refractivity contribution in [3.63, 3.8) is 0 Å². The van der Waals surface area contributed by atoms with E-state index in [-0.39, 0.29) is 0 Å². The summed E-state index contributed by atoms with van der Waals surface area (Å²) < 4.78 is 5.06. The Hall–Kier alpha value is -0.450. The molecule has 0 radical (unpaired) electrons. The van der Waals surface area contributed by atoms with Gasteiger partial charge in [-0.25, -0.2) is 4.98 Å². The second-order valence-electron chi connectivity index (χ2n) is 3.27. The summed E-state index contributed by atoms with van der Waals surface area (Å²) in [5.74, 6) is 0. The maximum absolute atomic E-state index is 5.06. The summed E-state index contributed by atoms with van der Waals surface area (Å²) in [4.78, 5) is 5.78. The molecule has 80 valence electrons. The second kappa shape index (κ2) is 5.44. The zero-order chi connectivity index (χ0) is 10.6. The molecule has 0 aliphatic rings. The minimum absolute atomic E-state index is 0.392. The highest BCUT2D eigenvalue weighted by Crippen LogP contribution is 2.25. The van der Waals surface area contributed by atoms with Gasteiger partial charge in [-0.15, -0.1) is 11.3 Å². The molecule has 1 unspecified atom stereocenters. The van der Waals surface area contributed by atoms with Gasteiger partial charge in [-0.2, -0.15) is 0 Å². The van der Waals surface area contributed by atoms with Crippen LogP contribution in [0.3, 0.4) is 0 Å². The largest absolute Gasteiger partial charge is 0.378 e. The van der Waals surface area contributed by atoms with Crippen molar-refractivity contribution in [1.82, 2.24) is 10.3 Å². The Morgan fingerprint density at radius 1 is 1.57 bits per heavy atom. The Morgan fingerprint density at radius 3 is 2.86 bits per heavy atom. The fraction of sp³-hybridized carbons (Fsp3) is 0.700. The molecule has 1 N–H and O–H groups in total. The number of rotatable bonds is 5. The molecule has 0 amide bonds. The molecule has 0 aliphatic heterocycles. The second-order valence-corrected chi connectivity index (χ2v) is 4.38. The van der Waals surface area contributed by atoms with E-state index in [1.807, 2.05) is 0 Å². The maximum Gasteiger partial charge on any atom is 0.119 e. The van der Waals surface area contributed by atoms with Crippen molar-refractivity contribution in [2.75, 3.05) is 13.7 Å². The number of ether oxygens (including phenoxy) is 1. The molecule has 14 heavy (non-hydrogen) atoms. The van der Waals surface area contributed by atoms with Crippen molar-refractivity contribution in [1.29, 1.82) is 0 Å². The molecule has 1 aromatic heterocycles. The number of hydrogen-bond donors (Lipinski definition) is 1. The van der Waals surface area contributed by atoms with E-state index < -0.39 is 0 Å². The van der Waals surface area contributed by atoms with Gasteiger partial charge in [-0.05, 0) is 20.4 Å². The first-order valence-electron chi connectivity index (χ1n) is 4.87. The van der Waals surface area contributed by atoms with Gasteiger partial charge in [0.2, 0.25) is 0 Å². The van der Waals surface area contributed by atoms with Crippen molar-refractivity contribution in [2.24, 2.45) is 0 Å². The topological polar surface area (TPSA) is 34.1 Å². The number of hydrogen-bond acceptors (Lipinski definition) is 4. The Morgan fingerprint density at radius 2 is 2.29 bits per heavy atom. The van der Waals surface area contributed by atoms with Crippen LogP contribution in [0.1, 0.15) is 35.5 Å². The van der Waals surface area contributed by atoms with Gasteiger partial charge in [0, 0.05) is 18.0 Å². The van der Waals surface area contributed by atoms with Gasteiger partial charge in [-0.3, -0.25) is 0 Å². The number of thiazole rings is 1. The normalized spacial score (nSPS) is 13.1. The van der Waals surface area contributed by atoms with E-state index in [4.69, 9.17) is 4.74 Å². The third kappa shape index (κ3) is 2.77. The van der Waals surface area contributed by atoms with E-state index in [1.54, 1.807) is 18.4 Å². The molecule has 0 spiro atoms. The Bertz CT molecular complexity index is 286. The Kier molecular flexibility index (Phi) is 4.51. The van der Waals surface area contributed by atoms with Gasteiger partial charge in [0.1, 0.15) is 5.01 Å². The summed E-state index contributed by atoms with van der Waals surface area (Å²) >= 11 is 1.73. The molecule has 0 bridgehead atoms. The lowest BCUT2D eigenvalue weighted by Gasteiger charge is -2.09. The predicted molar refractivity (Wildman–Crippen MR) is 59.7 cm³/mol. The smallest absolute Gasteiger partial charge is 0.119 e. The summed E-state index contributed by atoms with van der Waals surface area (Å²) in [5.41, 5.74) is 1.12. The SMILES string of the molecule is CCNC(C)c1sc(COC)nc1C. The minimum Gasteiger partial charge on any atom is -0.378 e. The highest BCUT2D eigenvalue weighted by molar-refractivity contribution is 7.11. The van der Waals surface area contributed by atoms with Crippen molar-refractivity contribution in [3.05, 3.63) is 15.6 Å². The van der Waals surface area contributed by atoms with Crippen molar-refractivity contribution < 1.29 is 4.74 Å². The zero-order valence-corrected chi connectivity index (χ0v) is 10.1. The van der Waals surface area contributed by atoms with Crippen LogP contribution in [0.4, 0.5) is 0 Å². The fourth-order valence-electron chi connectivity index (χ4n) is 1.45. The summed E-state index contributed by atoms with van der Waals surface area (Å²) in [6.07, 6.45) is 0. The molecular weight excluding hydrogens is 196 g/mol. The first-order valence-corrected chi connectivity index (χ1v) is 5.69. The lowest BCUT2D eigenvalue weighted by atomic mass is 10.2. The van der Waals surface area contributed by atoms with Gasteiger partial charge >= 0.3 is 0 Å². The monoisotopic (exact) mass is 214 g/mol. The van der Waals surface area contributed by atoms with Gasteiger partial charge in [0.05, 0.1) is 12.3 Å². The van der Waals surface area contributed by atoms with Crippen LogP contribution in [0, 0.1) is 6.92 Å². The number of aryl methyl sites for hydroxylation is 1. The lowest BCUT2D eigenvalue weighted by Crippen LogP contribution is -2.17. The summed E-state index contributed by atoms with van der Waals surface area (Å²) in [7, 11) is 1.70. The molecule has 0 saturated carbocycles. The van der Waals surface area contributed by atoms with Crippen LogP contribution < -0.4 is 5.32 Å². The average Bonchev–Trinajstić information content (AvgIpc) is 2.48. The highest BCUT2D eigenvalue weighted by atomic mass is 32.1. The number of nitrogens with zero attached hydrogens (tertiary/aromatic N) is 1. The van der Waals surface area contributed by atoms with E-state index in [2.05, 4.69) is 31.1 Å². The molecule has 1 atom stereocenters. The first-order chi connectivity index (χ1) is 6.69. The molecule has 0 fully saturated rings. The van der Waals surface area contributed by atoms with E-state index in [0.29, 0.717) is 12.6 Å². The van der Waals surface area contributed by atoms with E-state index in [9.17, 15) is 0 Å². The van der Waals surface area contributed by atoms with Crippen LogP contribution in [0.15, 0.2) is 0 Å². The number of nitrogens with one attached hydrogen (secondary N) is 1. The third-order valence-corrected chi connectivity index (χ3v) is 3.36. The minimum atomic E-state index is 0.392. The first kappa shape index (κ1) is 11.6. The van der Waals surface area contributed by atoms with Crippen LogP contribution in [0.2, 0.25) is 0 Å². The molecular formula is C10H18N2OS.